The Morgan fingerprint density at radius 1 is 1.55 bits per heavy atom. The van der Waals surface area contributed by atoms with Gasteiger partial charge in [0.25, 0.3) is 0 Å². The number of carbonyl (C=O) groups excluding carboxylic acids is 1. The number of piperidine rings is 1. The smallest absolute Gasteiger partial charge is 0.227 e. The van der Waals surface area contributed by atoms with Gasteiger partial charge in [-0.1, -0.05) is 0 Å². The van der Waals surface area contributed by atoms with Gasteiger partial charge < -0.3 is 15.3 Å². The Hall–Kier alpha value is -1.44. The largest absolute Gasteiger partial charge is 0.391 e. The molecule has 7 heteroatoms. The van der Waals surface area contributed by atoms with Crippen LogP contribution < -0.4 is 5.32 Å². The number of hydrogen-bond donors (Lipinski definition) is 2. The van der Waals surface area contributed by atoms with Gasteiger partial charge in [-0.3, -0.25) is 4.79 Å². The average Bonchev–Trinajstić information content (AvgIpc) is 3.15. The minimum Gasteiger partial charge on any atom is -0.391 e. The number of likely N-dealkylation sites (tertiary alicyclic amines) is 1. The van der Waals surface area contributed by atoms with E-state index in [1.165, 1.54) is 0 Å². The molecule has 22 heavy (non-hydrogen) atoms. The van der Waals surface area contributed by atoms with Crippen molar-refractivity contribution in [1.29, 1.82) is 0 Å². The van der Waals surface area contributed by atoms with E-state index in [1.807, 2.05) is 24.6 Å². The van der Waals surface area contributed by atoms with Crippen molar-refractivity contribution < 1.29 is 9.90 Å². The highest BCUT2D eigenvalue weighted by Gasteiger charge is 2.22. The summed E-state index contributed by atoms with van der Waals surface area (Å²) < 4.78 is 0. The second kappa shape index (κ2) is 6.76. The van der Waals surface area contributed by atoms with Crippen LogP contribution in [0.25, 0.3) is 10.6 Å². The molecule has 1 saturated heterocycles. The standard InChI is InChI=1S/C15H19N3O2S2/c1-16-15-17-12(9-21-15)13-5-4-11(22-13)7-14(20)18-6-2-3-10(19)8-18/h4-5,9-10,19H,2-3,6-8H2,1H3,(H,16,17). The molecular formula is C15H19N3O2S2. The predicted octanol–water partition coefficient (Wildman–Crippen LogP) is 2.44. The number of rotatable bonds is 4. The van der Waals surface area contributed by atoms with E-state index in [-0.39, 0.29) is 12.0 Å². The van der Waals surface area contributed by atoms with Crippen LogP contribution in [-0.2, 0) is 11.2 Å². The lowest BCUT2D eigenvalue weighted by molar-refractivity contribution is -0.133. The van der Waals surface area contributed by atoms with Gasteiger partial charge in [0.2, 0.25) is 5.91 Å². The zero-order chi connectivity index (χ0) is 15.5. The molecule has 1 fully saturated rings. The molecule has 0 saturated carbocycles. The normalized spacial score (nSPS) is 18.5. The van der Waals surface area contributed by atoms with Crippen LogP contribution in [0.5, 0.6) is 0 Å². The zero-order valence-corrected chi connectivity index (χ0v) is 14.0. The van der Waals surface area contributed by atoms with E-state index < -0.39 is 0 Å². The molecule has 5 nitrogen and oxygen atoms in total. The van der Waals surface area contributed by atoms with Gasteiger partial charge in [0.05, 0.1) is 23.1 Å². The van der Waals surface area contributed by atoms with E-state index in [2.05, 4.69) is 10.3 Å². The average molecular weight is 337 g/mol. The SMILES string of the molecule is CNc1nc(-c2ccc(CC(=O)N3CCCC(O)C3)s2)cs1. The fourth-order valence-electron chi connectivity index (χ4n) is 2.55. The minimum absolute atomic E-state index is 0.0985. The molecule has 0 bridgehead atoms. The number of amides is 1. The molecule has 2 N–H and O–H groups in total. The van der Waals surface area contributed by atoms with Gasteiger partial charge in [0.15, 0.2) is 5.13 Å². The van der Waals surface area contributed by atoms with Gasteiger partial charge in [-0.25, -0.2) is 4.98 Å². The second-order valence-corrected chi connectivity index (χ2v) is 7.39. The van der Waals surface area contributed by atoms with Crippen molar-refractivity contribution in [3.05, 3.63) is 22.4 Å². The number of nitrogens with zero attached hydrogens (tertiary/aromatic N) is 2. The summed E-state index contributed by atoms with van der Waals surface area (Å²) in [5, 5.41) is 15.6. The van der Waals surface area contributed by atoms with Crippen molar-refractivity contribution in [2.24, 2.45) is 0 Å². The van der Waals surface area contributed by atoms with Crippen LogP contribution in [0.3, 0.4) is 0 Å². The number of nitrogens with one attached hydrogen (secondary N) is 1. The highest BCUT2D eigenvalue weighted by atomic mass is 32.1. The Morgan fingerprint density at radius 3 is 3.14 bits per heavy atom. The molecular weight excluding hydrogens is 318 g/mol. The van der Waals surface area contributed by atoms with E-state index in [1.54, 1.807) is 27.6 Å². The Balaban J connectivity index is 1.65. The third-order valence-corrected chi connectivity index (χ3v) is 5.67. The van der Waals surface area contributed by atoms with Crippen molar-refractivity contribution in [1.82, 2.24) is 9.88 Å². The van der Waals surface area contributed by atoms with E-state index >= 15 is 0 Å². The van der Waals surface area contributed by atoms with Gasteiger partial charge >= 0.3 is 0 Å². The molecule has 2 aromatic rings. The van der Waals surface area contributed by atoms with E-state index in [0.29, 0.717) is 13.0 Å². The number of aromatic nitrogens is 1. The number of thiophene rings is 1. The molecule has 0 radical (unpaired) electrons. The Bertz CT molecular complexity index is 653. The monoisotopic (exact) mass is 337 g/mol. The van der Waals surface area contributed by atoms with Gasteiger partial charge in [0.1, 0.15) is 0 Å². The first kappa shape index (κ1) is 15.5. The summed E-state index contributed by atoms with van der Waals surface area (Å²) in [7, 11) is 1.86. The molecule has 1 aliphatic rings. The predicted molar refractivity (Wildman–Crippen MR) is 90.5 cm³/mol. The molecule has 0 aliphatic carbocycles. The number of β-amino-alcohol motifs (C(OH)–C–C–N with tert-alkyl or cyclic N) is 1. The number of aliphatic hydroxyl groups excluding tert-OH is 1. The first-order valence-electron chi connectivity index (χ1n) is 7.34. The Morgan fingerprint density at radius 2 is 2.41 bits per heavy atom. The van der Waals surface area contributed by atoms with Crippen LogP contribution in [0.1, 0.15) is 17.7 Å². The lowest BCUT2D eigenvalue weighted by Gasteiger charge is -2.30. The quantitative estimate of drug-likeness (QED) is 0.899. The maximum Gasteiger partial charge on any atom is 0.227 e. The van der Waals surface area contributed by atoms with Crippen molar-refractivity contribution in [2.45, 2.75) is 25.4 Å². The van der Waals surface area contributed by atoms with Crippen LogP contribution in [0.15, 0.2) is 17.5 Å². The molecule has 1 amide bonds. The summed E-state index contributed by atoms with van der Waals surface area (Å²) in [5.41, 5.74) is 0.950. The van der Waals surface area contributed by atoms with Crippen molar-refractivity contribution in [3.8, 4) is 10.6 Å². The van der Waals surface area contributed by atoms with Crippen molar-refractivity contribution >= 4 is 33.7 Å². The zero-order valence-electron chi connectivity index (χ0n) is 12.4. The Labute approximate surface area is 137 Å². The molecule has 3 heterocycles. The molecule has 0 aromatic carbocycles. The molecule has 118 valence electrons. The number of carbonyl (C=O) groups is 1. The fourth-order valence-corrected chi connectivity index (χ4v) is 4.26. The number of hydrogen-bond acceptors (Lipinski definition) is 6. The third kappa shape index (κ3) is 3.48. The van der Waals surface area contributed by atoms with Crippen molar-refractivity contribution in [3.63, 3.8) is 0 Å². The third-order valence-electron chi connectivity index (χ3n) is 3.71. The maximum absolute atomic E-state index is 12.3. The van der Waals surface area contributed by atoms with E-state index in [0.717, 1.165) is 40.0 Å². The molecule has 3 rings (SSSR count). The Kier molecular flexibility index (Phi) is 4.75. The van der Waals surface area contributed by atoms with Gasteiger partial charge in [-0.05, 0) is 25.0 Å². The summed E-state index contributed by atoms with van der Waals surface area (Å²) in [4.78, 5) is 20.7. The maximum atomic E-state index is 12.3. The van der Waals surface area contributed by atoms with Crippen LogP contribution in [-0.4, -0.2) is 47.1 Å². The van der Waals surface area contributed by atoms with Gasteiger partial charge in [0, 0.05) is 30.4 Å². The molecule has 1 atom stereocenters. The molecule has 0 spiro atoms. The van der Waals surface area contributed by atoms with Crippen LogP contribution in [0.4, 0.5) is 5.13 Å². The topological polar surface area (TPSA) is 65.5 Å². The van der Waals surface area contributed by atoms with Gasteiger partial charge in [-0.2, -0.15) is 0 Å². The summed E-state index contributed by atoms with van der Waals surface area (Å²) in [6.45, 7) is 1.22. The highest BCUT2D eigenvalue weighted by molar-refractivity contribution is 7.17. The van der Waals surface area contributed by atoms with E-state index in [9.17, 15) is 9.90 Å². The molecule has 2 aromatic heterocycles. The lowest BCUT2D eigenvalue weighted by atomic mass is 10.1. The van der Waals surface area contributed by atoms with Crippen LogP contribution >= 0.6 is 22.7 Å². The van der Waals surface area contributed by atoms with Gasteiger partial charge in [-0.15, -0.1) is 22.7 Å². The number of thiazole rings is 1. The summed E-state index contributed by atoms with van der Waals surface area (Å²) in [5.74, 6) is 0.0985. The minimum atomic E-state index is -0.369. The summed E-state index contributed by atoms with van der Waals surface area (Å²) >= 11 is 3.18. The number of aliphatic hydroxyl groups is 1. The summed E-state index contributed by atoms with van der Waals surface area (Å²) in [6, 6.07) is 4.02. The second-order valence-electron chi connectivity index (χ2n) is 5.37. The lowest BCUT2D eigenvalue weighted by Crippen LogP contribution is -2.42. The van der Waals surface area contributed by atoms with Crippen molar-refractivity contribution in [2.75, 3.05) is 25.5 Å². The first-order chi connectivity index (χ1) is 10.7. The molecule has 1 unspecified atom stereocenters. The van der Waals surface area contributed by atoms with Crippen LogP contribution in [0.2, 0.25) is 0 Å². The first-order valence-corrected chi connectivity index (χ1v) is 9.03. The highest BCUT2D eigenvalue weighted by Crippen LogP contribution is 2.31. The van der Waals surface area contributed by atoms with Crippen LogP contribution in [0, 0.1) is 0 Å². The number of anilines is 1. The van der Waals surface area contributed by atoms with E-state index in [4.69, 9.17) is 0 Å². The molecule has 1 aliphatic heterocycles. The summed E-state index contributed by atoms with van der Waals surface area (Å²) in [6.07, 6.45) is 1.71. The fraction of sp³-hybridized carbons (Fsp3) is 0.467.